The Morgan fingerprint density at radius 2 is 2.33 bits per heavy atom. The molecular formula is C11H20N4. The molecule has 2 rings (SSSR count). The molecule has 0 bridgehead atoms. The Morgan fingerprint density at radius 1 is 1.40 bits per heavy atom. The van der Waals surface area contributed by atoms with E-state index in [1.165, 1.54) is 18.7 Å². The number of nitrogens with one attached hydrogen (secondary N) is 1. The molecule has 1 fully saturated rings. The number of imidazole rings is 1. The molecule has 0 amide bonds. The van der Waals surface area contributed by atoms with Gasteiger partial charge in [0, 0.05) is 32.4 Å². The topological polar surface area (TPSA) is 33.1 Å². The highest BCUT2D eigenvalue weighted by molar-refractivity contribution is 4.96. The van der Waals surface area contributed by atoms with Crippen molar-refractivity contribution in [3.8, 4) is 0 Å². The third kappa shape index (κ3) is 3.04. The molecule has 0 spiro atoms. The van der Waals surface area contributed by atoms with Gasteiger partial charge >= 0.3 is 0 Å². The van der Waals surface area contributed by atoms with Crippen LogP contribution in [0, 0.1) is 0 Å². The predicted molar refractivity (Wildman–Crippen MR) is 60.7 cm³/mol. The number of hydrogen-bond acceptors (Lipinski definition) is 3. The van der Waals surface area contributed by atoms with Crippen molar-refractivity contribution in [2.45, 2.75) is 26.4 Å². The summed E-state index contributed by atoms with van der Waals surface area (Å²) in [5.41, 5.74) is 1.19. The summed E-state index contributed by atoms with van der Waals surface area (Å²) in [4.78, 5) is 6.89. The number of hydrogen-bond donors (Lipinski definition) is 1. The van der Waals surface area contributed by atoms with Crippen LogP contribution < -0.4 is 5.32 Å². The monoisotopic (exact) mass is 208 g/mol. The van der Waals surface area contributed by atoms with Crippen molar-refractivity contribution in [1.29, 1.82) is 0 Å². The van der Waals surface area contributed by atoms with Gasteiger partial charge in [-0.2, -0.15) is 0 Å². The van der Waals surface area contributed by atoms with Gasteiger partial charge in [-0.1, -0.05) is 0 Å². The lowest BCUT2D eigenvalue weighted by molar-refractivity contribution is 0.281. The predicted octanol–water partition coefficient (Wildman–Crippen LogP) is 0.698. The summed E-state index contributed by atoms with van der Waals surface area (Å²) in [7, 11) is 0. The normalized spacial score (nSPS) is 19.0. The zero-order valence-corrected chi connectivity index (χ0v) is 9.45. The van der Waals surface area contributed by atoms with Crippen molar-refractivity contribution in [2.75, 3.05) is 26.2 Å². The maximum atomic E-state index is 4.41. The molecule has 1 saturated heterocycles. The minimum Gasteiger partial charge on any atom is -0.337 e. The SMILES string of the molecule is CCn1cnc(CN2CCCNCC2)c1. The fourth-order valence-corrected chi connectivity index (χ4v) is 1.95. The highest BCUT2D eigenvalue weighted by Gasteiger charge is 2.09. The van der Waals surface area contributed by atoms with E-state index >= 15 is 0 Å². The summed E-state index contributed by atoms with van der Waals surface area (Å²) >= 11 is 0. The van der Waals surface area contributed by atoms with Crippen LogP contribution >= 0.6 is 0 Å². The van der Waals surface area contributed by atoms with E-state index in [4.69, 9.17) is 0 Å². The van der Waals surface area contributed by atoms with Gasteiger partial charge in [0.2, 0.25) is 0 Å². The molecule has 1 aliphatic rings. The quantitative estimate of drug-likeness (QED) is 0.793. The van der Waals surface area contributed by atoms with Gasteiger partial charge in [0.25, 0.3) is 0 Å². The Kier molecular flexibility index (Phi) is 3.75. The molecule has 2 heterocycles. The molecular weight excluding hydrogens is 188 g/mol. The molecule has 0 atom stereocenters. The first kappa shape index (κ1) is 10.6. The van der Waals surface area contributed by atoms with Crippen LogP contribution in [-0.2, 0) is 13.1 Å². The average Bonchev–Trinajstić information content (AvgIpc) is 2.54. The maximum Gasteiger partial charge on any atom is 0.0949 e. The maximum absolute atomic E-state index is 4.41. The Labute approximate surface area is 91.3 Å². The first-order chi connectivity index (χ1) is 7.38. The number of rotatable bonds is 3. The summed E-state index contributed by atoms with van der Waals surface area (Å²) in [5.74, 6) is 0. The summed E-state index contributed by atoms with van der Waals surface area (Å²) < 4.78 is 2.13. The van der Waals surface area contributed by atoms with Gasteiger partial charge in [-0.3, -0.25) is 4.90 Å². The van der Waals surface area contributed by atoms with E-state index in [1.54, 1.807) is 0 Å². The molecule has 1 aromatic rings. The first-order valence-corrected chi connectivity index (χ1v) is 5.82. The van der Waals surface area contributed by atoms with Crippen LogP contribution in [0.15, 0.2) is 12.5 Å². The van der Waals surface area contributed by atoms with E-state index in [9.17, 15) is 0 Å². The zero-order valence-electron chi connectivity index (χ0n) is 9.45. The molecule has 0 radical (unpaired) electrons. The van der Waals surface area contributed by atoms with Gasteiger partial charge < -0.3 is 9.88 Å². The molecule has 0 aliphatic carbocycles. The fourth-order valence-electron chi connectivity index (χ4n) is 1.95. The molecule has 84 valence electrons. The van der Waals surface area contributed by atoms with Crippen molar-refractivity contribution in [3.63, 3.8) is 0 Å². The van der Waals surface area contributed by atoms with E-state index in [0.717, 1.165) is 32.7 Å². The van der Waals surface area contributed by atoms with Crippen LogP contribution in [-0.4, -0.2) is 40.6 Å². The summed E-state index contributed by atoms with van der Waals surface area (Å²) in [5, 5.41) is 3.41. The smallest absolute Gasteiger partial charge is 0.0949 e. The Morgan fingerprint density at radius 3 is 3.13 bits per heavy atom. The minimum absolute atomic E-state index is 0.995. The lowest BCUT2D eigenvalue weighted by Crippen LogP contribution is -2.27. The van der Waals surface area contributed by atoms with E-state index in [2.05, 4.69) is 32.9 Å². The molecule has 0 unspecified atom stereocenters. The van der Waals surface area contributed by atoms with Crippen molar-refractivity contribution >= 4 is 0 Å². The summed E-state index contributed by atoms with van der Waals surface area (Å²) in [6.07, 6.45) is 5.32. The largest absolute Gasteiger partial charge is 0.337 e. The molecule has 4 nitrogen and oxygen atoms in total. The third-order valence-corrected chi connectivity index (χ3v) is 2.87. The second-order valence-electron chi connectivity index (χ2n) is 4.08. The van der Waals surface area contributed by atoms with Crippen LogP contribution in [0.1, 0.15) is 19.0 Å². The van der Waals surface area contributed by atoms with Crippen LogP contribution in [0.4, 0.5) is 0 Å². The fraction of sp³-hybridized carbons (Fsp3) is 0.727. The molecule has 15 heavy (non-hydrogen) atoms. The van der Waals surface area contributed by atoms with E-state index < -0.39 is 0 Å². The Bertz CT molecular complexity index is 287. The van der Waals surface area contributed by atoms with Gasteiger partial charge in [0.15, 0.2) is 0 Å². The second-order valence-corrected chi connectivity index (χ2v) is 4.08. The van der Waals surface area contributed by atoms with E-state index in [1.807, 2.05) is 6.33 Å². The van der Waals surface area contributed by atoms with Crippen molar-refractivity contribution in [1.82, 2.24) is 19.8 Å². The standard InChI is InChI=1S/C11H20N4/c1-2-14-8-11(13-10-14)9-15-6-3-4-12-5-7-15/h8,10,12H,2-7,9H2,1H3. The molecule has 4 heteroatoms. The number of aromatic nitrogens is 2. The summed E-state index contributed by atoms with van der Waals surface area (Å²) in [6.45, 7) is 8.73. The highest BCUT2D eigenvalue weighted by atomic mass is 15.2. The molecule has 1 N–H and O–H groups in total. The lowest BCUT2D eigenvalue weighted by atomic mass is 10.3. The highest BCUT2D eigenvalue weighted by Crippen LogP contribution is 2.04. The average molecular weight is 208 g/mol. The van der Waals surface area contributed by atoms with Gasteiger partial charge in [-0.05, 0) is 26.4 Å². The molecule has 0 aromatic carbocycles. The Balaban J connectivity index is 1.89. The third-order valence-electron chi connectivity index (χ3n) is 2.87. The number of aryl methyl sites for hydroxylation is 1. The lowest BCUT2D eigenvalue weighted by Gasteiger charge is -2.17. The van der Waals surface area contributed by atoms with E-state index in [0.29, 0.717) is 0 Å². The molecule has 1 aromatic heterocycles. The van der Waals surface area contributed by atoms with Crippen LogP contribution in [0.2, 0.25) is 0 Å². The Hall–Kier alpha value is -0.870. The molecule has 0 saturated carbocycles. The van der Waals surface area contributed by atoms with Gasteiger partial charge in [0.05, 0.1) is 12.0 Å². The van der Waals surface area contributed by atoms with Gasteiger partial charge in [0.1, 0.15) is 0 Å². The van der Waals surface area contributed by atoms with Crippen molar-refractivity contribution in [2.24, 2.45) is 0 Å². The van der Waals surface area contributed by atoms with Crippen LogP contribution in [0.5, 0.6) is 0 Å². The summed E-state index contributed by atoms with van der Waals surface area (Å²) in [6, 6.07) is 0. The second kappa shape index (κ2) is 5.28. The van der Waals surface area contributed by atoms with Gasteiger partial charge in [-0.25, -0.2) is 4.98 Å². The first-order valence-electron chi connectivity index (χ1n) is 5.82. The van der Waals surface area contributed by atoms with Crippen molar-refractivity contribution < 1.29 is 0 Å². The number of nitrogens with zero attached hydrogens (tertiary/aromatic N) is 3. The van der Waals surface area contributed by atoms with E-state index in [-0.39, 0.29) is 0 Å². The zero-order chi connectivity index (χ0) is 10.5. The van der Waals surface area contributed by atoms with Crippen LogP contribution in [0.3, 0.4) is 0 Å². The minimum atomic E-state index is 0.995. The van der Waals surface area contributed by atoms with Gasteiger partial charge in [-0.15, -0.1) is 0 Å². The van der Waals surface area contributed by atoms with Crippen LogP contribution in [0.25, 0.3) is 0 Å². The molecule has 1 aliphatic heterocycles. The van der Waals surface area contributed by atoms with Crippen molar-refractivity contribution in [3.05, 3.63) is 18.2 Å².